The van der Waals surface area contributed by atoms with Gasteiger partial charge in [-0.15, -0.1) is 0 Å². The van der Waals surface area contributed by atoms with Crippen molar-refractivity contribution in [2.24, 2.45) is 11.8 Å². The predicted molar refractivity (Wildman–Crippen MR) is 132 cm³/mol. The summed E-state index contributed by atoms with van der Waals surface area (Å²) in [6, 6.07) is 5.67. The van der Waals surface area contributed by atoms with E-state index in [2.05, 4.69) is 9.88 Å². The van der Waals surface area contributed by atoms with Gasteiger partial charge in [0, 0.05) is 56.4 Å². The molecule has 5 atom stereocenters. The van der Waals surface area contributed by atoms with E-state index in [1.807, 2.05) is 12.1 Å². The zero-order valence-electron chi connectivity index (χ0n) is 21.3. The first kappa shape index (κ1) is 25.2. The minimum atomic E-state index is -0.762. The second-order valence-electron chi connectivity index (χ2n) is 10.2. The van der Waals surface area contributed by atoms with Gasteiger partial charge in [-0.3, -0.25) is 14.5 Å². The van der Waals surface area contributed by atoms with Crippen LogP contribution in [0.1, 0.15) is 37.4 Å². The number of esters is 2. The lowest BCUT2D eigenvalue weighted by atomic mass is 9.56. The Morgan fingerprint density at radius 3 is 2.78 bits per heavy atom. The normalized spacial score (nSPS) is 28.5. The van der Waals surface area contributed by atoms with Crippen molar-refractivity contribution in [1.82, 2.24) is 9.88 Å². The van der Waals surface area contributed by atoms with Crippen LogP contribution in [0.5, 0.6) is 5.75 Å². The maximum absolute atomic E-state index is 13.7. The van der Waals surface area contributed by atoms with Crippen molar-refractivity contribution in [3.05, 3.63) is 29.5 Å². The highest BCUT2D eigenvalue weighted by Crippen LogP contribution is 2.55. The van der Waals surface area contributed by atoms with Crippen LogP contribution in [0.2, 0.25) is 0 Å². The van der Waals surface area contributed by atoms with Crippen molar-refractivity contribution >= 4 is 22.8 Å². The van der Waals surface area contributed by atoms with E-state index in [9.17, 15) is 9.59 Å². The third kappa shape index (κ3) is 4.42. The molecular formula is C27H36N2O7. The Labute approximate surface area is 211 Å². The predicted octanol–water partition coefficient (Wildman–Crippen LogP) is 2.80. The fourth-order valence-electron chi connectivity index (χ4n) is 6.96. The summed E-state index contributed by atoms with van der Waals surface area (Å²) in [5, 5.41) is 1.00. The van der Waals surface area contributed by atoms with Crippen molar-refractivity contribution in [2.75, 3.05) is 53.9 Å². The van der Waals surface area contributed by atoms with Gasteiger partial charge in [-0.1, -0.05) is 0 Å². The Balaban J connectivity index is 1.46. The van der Waals surface area contributed by atoms with E-state index in [-0.39, 0.29) is 24.8 Å². The van der Waals surface area contributed by atoms with Crippen molar-refractivity contribution in [1.29, 1.82) is 0 Å². The van der Waals surface area contributed by atoms with Crippen molar-refractivity contribution in [3.63, 3.8) is 0 Å². The number of H-pyrrole nitrogens is 1. The van der Waals surface area contributed by atoms with Crippen LogP contribution in [0.4, 0.5) is 0 Å². The molecule has 9 nitrogen and oxygen atoms in total. The molecule has 1 saturated carbocycles. The molecule has 196 valence electrons. The van der Waals surface area contributed by atoms with Gasteiger partial charge in [-0.05, 0) is 61.3 Å². The molecule has 0 spiro atoms. The summed E-state index contributed by atoms with van der Waals surface area (Å²) >= 11 is 0. The molecule has 1 N–H and O–H groups in total. The van der Waals surface area contributed by atoms with E-state index in [1.54, 1.807) is 13.2 Å². The zero-order chi connectivity index (χ0) is 25.3. The number of aromatic amines is 1. The van der Waals surface area contributed by atoms with Crippen LogP contribution in [-0.2, 0) is 40.4 Å². The molecular weight excluding hydrogens is 464 g/mol. The van der Waals surface area contributed by atoms with Crippen LogP contribution in [0.3, 0.4) is 0 Å². The Kier molecular flexibility index (Phi) is 7.35. The van der Waals surface area contributed by atoms with Gasteiger partial charge in [0.05, 0.1) is 20.3 Å². The smallest absolute Gasteiger partial charge is 0.319 e. The molecule has 2 saturated heterocycles. The van der Waals surface area contributed by atoms with Gasteiger partial charge in [-0.25, -0.2) is 0 Å². The molecule has 3 fully saturated rings. The molecule has 3 aliphatic heterocycles. The number of hydrogen-bond acceptors (Lipinski definition) is 8. The minimum Gasteiger partial charge on any atom is -0.468 e. The molecule has 9 heteroatoms. The largest absolute Gasteiger partial charge is 0.468 e. The number of ether oxygens (including phenoxy) is 5. The Morgan fingerprint density at radius 2 is 2.00 bits per heavy atom. The maximum atomic E-state index is 13.7. The standard InChI is InChI=1S/C27H36N2O7/c1-17(30)36-20-4-5-23-22(13-20)21-6-8-29-15-18-12-19(7-9-34-16-35-11-10-32-2)25(29)27(14-18,24(21)28-23)26(31)33-3/h4-5,13,18-19,25,28H,6-12,14-16H2,1-3H3. The number of benzene rings is 1. The number of nitrogens with zero attached hydrogens (tertiary/aromatic N) is 1. The van der Waals surface area contributed by atoms with E-state index in [0.29, 0.717) is 37.4 Å². The van der Waals surface area contributed by atoms with Gasteiger partial charge in [0.25, 0.3) is 0 Å². The Bertz CT molecular complexity index is 1110. The average Bonchev–Trinajstić information content (AvgIpc) is 3.19. The molecule has 36 heavy (non-hydrogen) atoms. The highest BCUT2D eigenvalue weighted by molar-refractivity contribution is 5.92. The van der Waals surface area contributed by atoms with Crippen LogP contribution >= 0.6 is 0 Å². The monoisotopic (exact) mass is 500 g/mol. The second kappa shape index (κ2) is 10.5. The quantitative estimate of drug-likeness (QED) is 0.230. The summed E-state index contributed by atoms with van der Waals surface area (Å²) in [6.07, 6.45) is 3.53. The second-order valence-corrected chi connectivity index (χ2v) is 10.2. The summed E-state index contributed by atoms with van der Waals surface area (Å²) in [6.45, 7) is 5.14. The number of fused-ring (bicyclic) bond motifs is 4. The Hall–Kier alpha value is -2.46. The minimum absolute atomic E-state index is 0.0372. The first-order chi connectivity index (χ1) is 17.5. The first-order valence-corrected chi connectivity index (χ1v) is 12.8. The first-order valence-electron chi connectivity index (χ1n) is 12.8. The fraction of sp³-hybridized carbons (Fsp3) is 0.630. The van der Waals surface area contributed by atoms with Crippen molar-refractivity contribution in [3.8, 4) is 5.75 Å². The number of nitrogens with one attached hydrogen (secondary N) is 1. The topological polar surface area (TPSA) is 99.3 Å². The number of hydrogen-bond donors (Lipinski definition) is 1. The average molecular weight is 501 g/mol. The van der Waals surface area contributed by atoms with E-state index in [4.69, 9.17) is 23.7 Å². The number of methoxy groups -OCH3 is 2. The lowest BCUT2D eigenvalue weighted by Crippen LogP contribution is -2.67. The van der Waals surface area contributed by atoms with Crippen LogP contribution < -0.4 is 4.74 Å². The summed E-state index contributed by atoms with van der Waals surface area (Å²) in [4.78, 5) is 31.4. The molecule has 1 aromatic carbocycles. The number of carbonyl (C=O) groups is 2. The van der Waals surface area contributed by atoms with Gasteiger partial charge in [0.2, 0.25) is 0 Å². The molecule has 0 radical (unpaired) electrons. The fourth-order valence-corrected chi connectivity index (χ4v) is 6.96. The highest BCUT2D eigenvalue weighted by Gasteiger charge is 2.62. The molecule has 1 aliphatic carbocycles. The third-order valence-corrected chi connectivity index (χ3v) is 8.10. The number of rotatable bonds is 10. The number of aromatic nitrogens is 1. The van der Waals surface area contributed by atoms with Gasteiger partial charge < -0.3 is 28.7 Å². The van der Waals surface area contributed by atoms with Crippen LogP contribution in [-0.4, -0.2) is 81.8 Å². The van der Waals surface area contributed by atoms with Crippen LogP contribution in [0.25, 0.3) is 10.9 Å². The van der Waals surface area contributed by atoms with Gasteiger partial charge in [0.1, 0.15) is 18.0 Å². The van der Waals surface area contributed by atoms with Gasteiger partial charge >= 0.3 is 11.9 Å². The van der Waals surface area contributed by atoms with Crippen LogP contribution in [0, 0.1) is 11.8 Å². The van der Waals surface area contributed by atoms with E-state index in [0.717, 1.165) is 60.9 Å². The molecule has 4 heterocycles. The SMILES string of the molecule is COCCOCOCCC1CC2CN3CCc4c([nH]c5ccc(OC(C)=O)cc45)C(C(=O)OC)(C2)C13. The van der Waals surface area contributed by atoms with E-state index < -0.39 is 5.41 Å². The molecule has 4 bridgehead atoms. The Morgan fingerprint density at radius 1 is 1.17 bits per heavy atom. The number of piperidine rings is 2. The van der Waals surface area contributed by atoms with E-state index >= 15 is 0 Å². The molecule has 1 aromatic heterocycles. The third-order valence-electron chi connectivity index (χ3n) is 8.10. The zero-order valence-corrected chi connectivity index (χ0v) is 21.3. The summed E-state index contributed by atoms with van der Waals surface area (Å²) in [7, 11) is 3.14. The van der Waals surface area contributed by atoms with Gasteiger partial charge in [-0.2, -0.15) is 0 Å². The lowest BCUT2D eigenvalue weighted by Gasteiger charge is -2.58. The van der Waals surface area contributed by atoms with Crippen molar-refractivity contribution in [2.45, 2.75) is 44.1 Å². The molecule has 6 rings (SSSR count). The van der Waals surface area contributed by atoms with Gasteiger partial charge in [0.15, 0.2) is 0 Å². The van der Waals surface area contributed by atoms with Crippen molar-refractivity contribution < 1.29 is 33.3 Å². The highest BCUT2D eigenvalue weighted by atomic mass is 16.7. The van der Waals surface area contributed by atoms with E-state index in [1.165, 1.54) is 14.0 Å². The lowest BCUT2D eigenvalue weighted by molar-refractivity contribution is -0.163. The molecule has 5 unspecified atom stereocenters. The molecule has 2 aromatic rings. The maximum Gasteiger partial charge on any atom is 0.319 e. The summed E-state index contributed by atoms with van der Waals surface area (Å²) in [5.41, 5.74) is 2.28. The summed E-state index contributed by atoms with van der Waals surface area (Å²) < 4.78 is 27.1. The molecule has 0 amide bonds. The summed E-state index contributed by atoms with van der Waals surface area (Å²) in [5.74, 6) is 0.706. The molecule has 4 aliphatic rings. The van der Waals surface area contributed by atoms with Crippen LogP contribution in [0.15, 0.2) is 18.2 Å². The number of carbonyl (C=O) groups excluding carboxylic acids is 2.